The number of rotatable bonds is 4. The van der Waals surface area contributed by atoms with Gasteiger partial charge in [-0.05, 0) is 55.8 Å². The lowest BCUT2D eigenvalue weighted by molar-refractivity contribution is 0.102. The second-order valence-corrected chi connectivity index (χ2v) is 5.64. The number of halogens is 1. The number of anilines is 1. The van der Waals surface area contributed by atoms with Gasteiger partial charge in [0.25, 0.3) is 5.91 Å². The number of carbonyl (C=O) groups excluding carboxylic acids is 1. The molecule has 0 saturated heterocycles. The predicted octanol–water partition coefficient (Wildman–Crippen LogP) is 4.19. The molecule has 0 fully saturated rings. The van der Waals surface area contributed by atoms with Gasteiger partial charge < -0.3 is 9.88 Å². The van der Waals surface area contributed by atoms with E-state index in [0.717, 1.165) is 11.4 Å². The Morgan fingerprint density at radius 2 is 1.79 bits per heavy atom. The Labute approximate surface area is 140 Å². The molecule has 1 atom stereocenters. The number of amides is 1. The topological polar surface area (TPSA) is 46.9 Å². The summed E-state index contributed by atoms with van der Waals surface area (Å²) < 4.78 is 15.0. The third kappa shape index (κ3) is 3.35. The molecule has 1 N–H and O–H groups in total. The molecule has 2 aromatic carbocycles. The van der Waals surface area contributed by atoms with Crippen molar-refractivity contribution in [2.45, 2.75) is 19.9 Å². The molecular weight excluding hydrogens is 305 g/mol. The predicted molar refractivity (Wildman–Crippen MR) is 91.6 cm³/mol. The van der Waals surface area contributed by atoms with E-state index in [1.165, 1.54) is 24.3 Å². The Kier molecular flexibility index (Phi) is 4.42. The van der Waals surface area contributed by atoms with Gasteiger partial charge in [-0.15, -0.1) is 0 Å². The molecule has 4 nitrogen and oxygen atoms in total. The number of carbonyl (C=O) groups is 1. The van der Waals surface area contributed by atoms with E-state index in [0.29, 0.717) is 11.3 Å². The minimum absolute atomic E-state index is 0.161. The fraction of sp³-hybridized carbons (Fsp3) is 0.158. The number of nitrogens with zero attached hydrogens (tertiary/aromatic N) is 2. The lowest BCUT2D eigenvalue weighted by atomic mass is 10.1. The van der Waals surface area contributed by atoms with Gasteiger partial charge in [0.05, 0.1) is 6.04 Å². The van der Waals surface area contributed by atoms with Crippen LogP contribution in [0.2, 0.25) is 0 Å². The summed E-state index contributed by atoms with van der Waals surface area (Å²) in [6.45, 7) is 4.06. The monoisotopic (exact) mass is 323 g/mol. The van der Waals surface area contributed by atoms with E-state index in [1.54, 1.807) is 6.20 Å². The third-order valence-corrected chi connectivity index (χ3v) is 4.04. The lowest BCUT2D eigenvalue weighted by Gasteiger charge is -2.16. The first-order valence-corrected chi connectivity index (χ1v) is 7.71. The van der Waals surface area contributed by atoms with Crippen molar-refractivity contribution in [2.24, 2.45) is 0 Å². The Bertz CT molecular complexity index is 838. The van der Waals surface area contributed by atoms with E-state index in [-0.39, 0.29) is 17.8 Å². The van der Waals surface area contributed by atoms with Crippen LogP contribution in [0, 0.1) is 12.7 Å². The first-order chi connectivity index (χ1) is 11.5. The van der Waals surface area contributed by atoms with Crippen LogP contribution in [0.1, 0.15) is 34.7 Å². The number of aromatic nitrogens is 2. The minimum Gasteiger partial charge on any atom is -0.328 e. The number of imidazole rings is 1. The molecule has 1 amide bonds. The summed E-state index contributed by atoms with van der Waals surface area (Å²) in [5.41, 5.74) is 2.24. The zero-order chi connectivity index (χ0) is 17.1. The molecule has 0 bridgehead atoms. The molecule has 122 valence electrons. The van der Waals surface area contributed by atoms with E-state index in [1.807, 2.05) is 37.4 Å². The standard InChI is InChI=1S/C19H18FN3O/c1-13(23-12-11-21-14(23)2)15-5-9-18(10-6-15)22-19(24)16-3-7-17(20)8-4-16/h3-13H,1-2H3,(H,22,24)/t13-/m0/s1. The van der Waals surface area contributed by atoms with Gasteiger partial charge in [-0.25, -0.2) is 9.37 Å². The van der Waals surface area contributed by atoms with E-state index in [4.69, 9.17) is 0 Å². The molecular formula is C19H18FN3O. The normalized spacial score (nSPS) is 12.0. The Balaban J connectivity index is 1.71. The van der Waals surface area contributed by atoms with Gasteiger partial charge in [-0.2, -0.15) is 0 Å². The molecule has 0 aliphatic rings. The molecule has 0 spiro atoms. The number of nitrogens with one attached hydrogen (secondary N) is 1. The van der Waals surface area contributed by atoms with Gasteiger partial charge >= 0.3 is 0 Å². The molecule has 0 unspecified atom stereocenters. The molecule has 0 saturated carbocycles. The van der Waals surface area contributed by atoms with Crippen molar-refractivity contribution in [3.63, 3.8) is 0 Å². The summed E-state index contributed by atoms with van der Waals surface area (Å²) in [6.07, 6.45) is 3.73. The van der Waals surface area contributed by atoms with Crippen LogP contribution in [0.15, 0.2) is 60.9 Å². The SMILES string of the molecule is Cc1nccn1[C@@H](C)c1ccc(NC(=O)c2ccc(F)cc2)cc1. The van der Waals surface area contributed by atoms with Crippen LogP contribution in [0.25, 0.3) is 0 Å². The molecule has 1 aromatic heterocycles. The first kappa shape index (κ1) is 15.9. The van der Waals surface area contributed by atoms with Gasteiger partial charge in [0.15, 0.2) is 0 Å². The highest BCUT2D eigenvalue weighted by Crippen LogP contribution is 2.21. The van der Waals surface area contributed by atoms with Crippen molar-refractivity contribution in [2.75, 3.05) is 5.32 Å². The highest BCUT2D eigenvalue weighted by molar-refractivity contribution is 6.04. The van der Waals surface area contributed by atoms with Crippen LogP contribution >= 0.6 is 0 Å². The largest absolute Gasteiger partial charge is 0.328 e. The maximum absolute atomic E-state index is 12.9. The van der Waals surface area contributed by atoms with Crippen LogP contribution < -0.4 is 5.32 Å². The summed E-state index contributed by atoms with van der Waals surface area (Å²) in [6, 6.07) is 13.3. The third-order valence-electron chi connectivity index (χ3n) is 4.04. The van der Waals surface area contributed by atoms with Crippen molar-refractivity contribution in [3.05, 3.63) is 83.7 Å². The Morgan fingerprint density at radius 3 is 2.38 bits per heavy atom. The van der Waals surface area contributed by atoms with Crippen molar-refractivity contribution in [3.8, 4) is 0 Å². The van der Waals surface area contributed by atoms with E-state index < -0.39 is 0 Å². The van der Waals surface area contributed by atoms with E-state index >= 15 is 0 Å². The van der Waals surface area contributed by atoms with Crippen molar-refractivity contribution in [1.82, 2.24) is 9.55 Å². The van der Waals surface area contributed by atoms with Gasteiger partial charge in [0, 0.05) is 23.6 Å². The van der Waals surface area contributed by atoms with E-state index in [9.17, 15) is 9.18 Å². The van der Waals surface area contributed by atoms with Gasteiger partial charge in [0.1, 0.15) is 11.6 Å². The number of benzene rings is 2. The van der Waals surface area contributed by atoms with Crippen LogP contribution in [0.4, 0.5) is 10.1 Å². The summed E-state index contributed by atoms with van der Waals surface area (Å²) >= 11 is 0. The number of hydrogen-bond acceptors (Lipinski definition) is 2. The summed E-state index contributed by atoms with van der Waals surface area (Å²) in [5.74, 6) is 0.331. The Morgan fingerprint density at radius 1 is 1.12 bits per heavy atom. The highest BCUT2D eigenvalue weighted by Gasteiger charge is 2.10. The zero-order valence-corrected chi connectivity index (χ0v) is 13.5. The molecule has 1 heterocycles. The van der Waals surface area contributed by atoms with Crippen LogP contribution in [-0.2, 0) is 0 Å². The van der Waals surface area contributed by atoms with Crippen molar-refractivity contribution >= 4 is 11.6 Å². The van der Waals surface area contributed by atoms with E-state index in [2.05, 4.69) is 21.8 Å². The smallest absolute Gasteiger partial charge is 0.255 e. The quantitative estimate of drug-likeness (QED) is 0.782. The van der Waals surface area contributed by atoms with Gasteiger partial charge in [-0.1, -0.05) is 12.1 Å². The second-order valence-electron chi connectivity index (χ2n) is 5.64. The molecule has 5 heteroatoms. The number of hydrogen-bond donors (Lipinski definition) is 1. The fourth-order valence-corrected chi connectivity index (χ4v) is 2.61. The minimum atomic E-state index is -0.361. The summed E-state index contributed by atoms with van der Waals surface area (Å²) in [7, 11) is 0. The fourth-order valence-electron chi connectivity index (χ4n) is 2.61. The Hall–Kier alpha value is -2.95. The van der Waals surface area contributed by atoms with Crippen LogP contribution in [0.3, 0.4) is 0 Å². The molecule has 3 aromatic rings. The van der Waals surface area contributed by atoms with Gasteiger partial charge in [-0.3, -0.25) is 4.79 Å². The van der Waals surface area contributed by atoms with Crippen molar-refractivity contribution < 1.29 is 9.18 Å². The molecule has 0 aliphatic heterocycles. The molecule has 0 radical (unpaired) electrons. The maximum Gasteiger partial charge on any atom is 0.255 e. The first-order valence-electron chi connectivity index (χ1n) is 7.71. The second kappa shape index (κ2) is 6.66. The number of aryl methyl sites for hydroxylation is 1. The van der Waals surface area contributed by atoms with Crippen LogP contribution in [0.5, 0.6) is 0 Å². The average molecular weight is 323 g/mol. The highest BCUT2D eigenvalue weighted by atomic mass is 19.1. The lowest BCUT2D eigenvalue weighted by Crippen LogP contribution is -2.12. The van der Waals surface area contributed by atoms with Crippen molar-refractivity contribution in [1.29, 1.82) is 0 Å². The molecule has 24 heavy (non-hydrogen) atoms. The summed E-state index contributed by atoms with van der Waals surface area (Å²) in [5, 5.41) is 2.81. The van der Waals surface area contributed by atoms with Gasteiger partial charge in [0.2, 0.25) is 0 Å². The zero-order valence-electron chi connectivity index (χ0n) is 13.5. The summed E-state index contributed by atoms with van der Waals surface area (Å²) in [4.78, 5) is 16.4. The molecule has 0 aliphatic carbocycles. The maximum atomic E-state index is 12.9. The molecule has 3 rings (SSSR count). The average Bonchev–Trinajstić information content (AvgIpc) is 3.01. The van der Waals surface area contributed by atoms with Crippen LogP contribution in [-0.4, -0.2) is 15.5 Å².